The summed E-state index contributed by atoms with van der Waals surface area (Å²) in [4.78, 5) is 44.1. The molecule has 2 fully saturated rings. The summed E-state index contributed by atoms with van der Waals surface area (Å²) in [6.45, 7) is 0.517. The number of carbonyl (C=O) groups excluding carboxylic acids is 3. The lowest BCUT2D eigenvalue weighted by molar-refractivity contribution is -0.274. The minimum Gasteiger partial charge on any atom is -0.403 e. The Morgan fingerprint density at radius 1 is 1.23 bits per heavy atom. The molecule has 4 rings (SSSR count). The van der Waals surface area contributed by atoms with E-state index in [2.05, 4.69) is 30.7 Å². The molecular formula is C22H23F3N6O4. The SMILES string of the molecule is N#CC(CC1CCNC1=O)NC(=O)C(CC1CC1)NC(=O)c1nc2c(OC(F)(F)F)cccc2[nH]1. The van der Waals surface area contributed by atoms with Crippen LogP contribution >= 0.6 is 0 Å². The molecule has 2 aromatic rings. The van der Waals surface area contributed by atoms with E-state index in [4.69, 9.17) is 0 Å². The molecule has 3 atom stereocenters. The average Bonchev–Trinajstić information content (AvgIpc) is 3.34. The van der Waals surface area contributed by atoms with Crippen molar-refractivity contribution in [2.75, 3.05) is 6.54 Å². The molecule has 2 heterocycles. The van der Waals surface area contributed by atoms with Crippen molar-refractivity contribution in [3.63, 3.8) is 0 Å². The fraction of sp³-hybridized carbons (Fsp3) is 0.500. The van der Waals surface area contributed by atoms with Crippen molar-refractivity contribution in [1.82, 2.24) is 25.9 Å². The number of aromatic nitrogens is 2. The number of rotatable bonds is 9. The summed E-state index contributed by atoms with van der Waals surface area (Å²) >= 11 is 0. The summed E-state index contributed by atoms with van der Waals surface area (Å²) in [5.74, 6) is -2.52. The summed E-state index contributed by atoms with van der Waals surface area (Å²) in [6.07, 6.45) is -2.08. The van der Waals surface area contributed by atoms with Gasteiger partial charge in [0, 0.05) is 12.5 Å². The maximum Gasteiger partial charge on any atom is 0.573 e. The number of benzene rings is 1. The number of carbonyl (C=O) groups is 3. The third-order valence-electron chi connectivity index (χ3n) is 5.96. The first-order valence-corrected chi connectivity index (χ1v) is 11.2. The van der Waals surface area contributed by atoms with Gasteiger partial charge in [0.25, 0.3) is 5.91 Å². The quantitative estimate of drug-likeness (QED) is 0.420. The van der Waals surface area contributed by atoms with Crippen LogP contribution in [0, 0.1) is 23.2 Å². The largest absolute Gasteiger partial charge is 0.573 e. The van der Waals surface area contributed by atoms with E-state index in [0.717, 1.165) is 18.9 Å². The first-order chi connectivity index (χ1) is 16.6. The molecule has 3 amide bonds. The lowest BCUT2D eigenvalue weighted by Gasteiger charge is -2.21. The standard InChI is InChI=1S/C22H23F3N6O4/c23-22(24,25)35-16-3-1-2-14-17(16)31-18(29-14)21(34)30-15(8-11-4-5-11)20(33)28-13(10-26)9-12-6-7-27-19(12)32/h1-3,11-13,15H,4-9H2,(H,27,32)(H,28,33)(H,29,31)(H,30,34). The van der Waals surface area contributed by atoms with Crippen molar-refractivity contribution >= 4 is 28.8 Å². The van der Waals surface area contributed by atoms with E-state index in [-0.39, 0.29) is 41.0 Å². The number of H-pyrrole nitrogens is 1. The van der Waals surface area contributed by atoms with Crippen LogP contribution in [0.1, 0.15) is 42.7 Å². The van der Waals surface area contributed by atoms with Crippen LogP contribution in [0.2, 0.25) is 0 Å². The van der Waals surface area contributed by atoms with Gasteiger partial charge in [-0.2, -0.15) is 5.26 Å². The Morgan fingerprint density at radius 2 is 2.00 bits per heavy atom. The zero-order chi connectivity index (χ0) is 25.2. The van der Waals surface area contributed by atoms with E-state index in [1.54, 1.807) is 0 Å². The number of nitrogens with zero attached hydrogens (tertiary/aromatic N) is 2. The van der Waals surface area contributed by atoms with Crippen LogP contribution in [0.4, 0.5) is 13.2 Å². The Balaban J connectivity index is 1.46. The van der Waals surface area contributed by atoms with Crippen LogP contribution in [0.3, 0.4) is 0 Å². The van der Waals surface area contributed by atoms with Gasteiger partial charge in [-0.15, -0.1) is 13.2 Å². The summed E-state index contributed by atoms with van der Waals surface area (Å²) in [5, 5.41) is 17.3. The van der Waals surface area contributed by atoms with Crippen LogP contribution in [0.5, 0.6) is 5.75 Å². The molecule has 0 radical (unpaired) electrons. The molecule has 3 unspecified atom stereocenters. The molecule has 10 nitrogen and oxygen atoms in total. The Morgan fingerprint density at radius 3 is 2.63 bits per heavy atom. The second kappa shape index (κ2) is 9.81. The predicted molar refractivity (Wildman–Crippen MR) is 115 cm³/mol. The molecule has 186 valence electrons. The summed E-state index contributed by atoms with van der Waals surface area (Å²) in [6, 6.07) is 3.92. The summed E-state index contributed by atoms with van der Waals surface area (Å²) < 4.78 is 42.0. The number of para-hydroxylation sites is 1. The lowest BCUT2D eigenvalue weighted by atomic mass is 9.98. The highest BCUT2D eigenvalue weighted by Gasteiger charge is 2.35. The van der Waals surface area contributed by atoms with Gasteiger partial charge in [-0.25, -0.2) is 4.98 Å². The fourth-order valence-electron chi connectivity index (χ4n) is 4.04. The number of nitriles is 1. The zero-order valence-electron chi connectivity index (χ0n) is 18.4. The summed E-state index contributed by atoms with van der Waals surface area (Å²) in [5.41, 5.74) is -0.0305. The molecule has 1 aliphatic heterocycles. The van der Waals surface area contributed by atoms with Crippen molar-refractivity contribution in [3.8, 4) is 11.8 Å². The minimum atomic E-state index is -4.93. The van der Waals surface area contributed by atoms with Gasteiger partial charge in [0.1, 0.15) is 17.6 Å². The van der Waals surface area contributed by atoms with E-state index >= 15 is 0 Å². The van der Waals surface area contributed by atoms with Crippen molar-refractivity contribution in [3.05, 3.63) is 24.0 Å². The van der Waals surface area contributed by atoms with Crippen molar-refractivity contribution in [2.24, 2.45) is 11.8 Å². The summed E-state index contributed by atoms with van der Waals surface area (Å²) in [7, 11) is 0. The van der Waals surface area contributed by atoms with Crippen LogP contribution in [0.15, 0.2) is 18.2 Å². The van der Waals surface area contributed by atoms with Crippen LogP contribution < -0.4 is 20.7 Å². The molecule has 1 saturated heterocycles. The van der Waals surface area contributed by atoms with E-state index in [9.17, 15) is 32.8 Å². The van der Waals surface area contributed by atoms with E-state index in [1.807, 2.05) is 6.07 Å². The third-order valence-corrected chi connectivity index (χ3v) is 5.96. The number of hydrogen-bond donors (Lipinski definition) is 4. The third kappa shape index (κ3) is 6.20. The molecule has 13 heteroatoms. The Bertz CT molecular complexity index is 1170. The molecule has 0 bridgehead atoms. The molecule has 35 heavy (non-hydrogen) atoms. The molecule has 1 aromatic carbocycles. The molecule has 2 aliphatic rings. The van der Waals surface area contributed by atoms with Gasteiger partial charge in [-0.1, -0.05) is 18.9 Å². The fourth-order valence-corrected chi connectivity index (χ4v) is 4.04. The molecular weight excluding hydrogens is 469 g/mol. The highest BCUT2D eigenvalue weighted by Crippen LogP contribution is 2.34. The number of amides is 3. The Hall–Kier alpha value is -3.82. The van der Waals surface area contributed by atoms with Gasteiger partial charge in [0.15, 0.2) is 11.6 Å². The topological polar surface area (TPSA) is 149 Å². The highest BCUT2D eigenvalue weighted by molar-refractivity contribution is 5.98. The van der Waals surface area contributed by atoms with Gasteiger partial charge in [-0.3, -0.25) is 14.4 Å². The van der Waals surface area contributed by atoms with Crippen LogP contribution in [-0.2, 0) is 9.59 Å². The maximum atomic E-state index is 12.9. The average molecular weight is 492 g/mol. The monoisotopic (exact) mass is 492 g/mol. The smallest absolute Gasteiger partial charge is 0.403 e. The zero-order valence-corrected chi connectivity index (χ0v) is 18.4. The molecule has 1 aromatic heterocycles. The number of aromatic amines is 1. The van der Waals surface area contributed by atoms with Gasteiger partial charge in [-0.05, 0) is 37.3 Å². The van der Waals surface area contributed by atoms with Crippen LogP contribution in [-0.4, -0.2) is 52.7 Å². The van der Waals surface area contributed by atoms with Crippen molar-refractivity contribution in [2.45, 2.75) is 50.6 Å². The van der Waals surface area contributed by atoms with Crippen molar-refractivity contribution < 1.29 is 32.3 Å². The number of halogens is 3. The van der Waals surface area contributed by atoms with E-state index in [0.29, 0.717) is 19.4 Å². The van der Waals surface area contributed by atoms with Gasteiger partial charge in [0.05, 0.1) is 11.6 Å². The lowest BCUT2D eigenvalue weighted by Crippen LogP contribution is -2.50. The number of imidazole rings is 1. The minimum absolute atomic E-state index is 0.152. The first kappa shape index (κ1) is 24.3. The van der Waals surface area contributed by atoms with Gasteiger partial charge in [0.2, 0.25) is 11.8 Å². The van der Waals surface area contributed by atoms with Gasteiger partial charge < -0.3 is 25.7 Å². The number of nitrogens with one attached hydrogen (secondary N) is 4. The Kier molecular flexibility index (Phi) is 6.81. The second-order valence-electron chi connectivity index (χ2n) is 8.69. The van der Waals surface area contributed by atoms with E-state index < -0.39 is 36.0 Å². The number of ether oxygens (including phenoxy) is 1. The van der Waals surface area contributed by atoms with Crippen LogP contribution in [0.25, 0.3) is 11.0 Å². The van der Waals surface area contributed by atoms with Crippen molar-refractivity contribution in [1.29, 1.82) is 5.26 Å². The number of alkyl halides is 3. The first-order valence-electron chi connectivity index (χ1n) is 11.2. The number of hydrogen-bond acceptors (Lipinski definition) is 6. The van der Waals surface area contributed by atoms with E-state index in [1.165, 1.54) is 12.1 Å². The molecule has 0 spiro atoms. The number of fused-ring (bicyclic) bond motifs is 1. The molecule has 1 aliphatic carbocycles. The molecule has 4 N–H and O–H groups in total. The maximum absolute atomic E-state index is 12.9. The Labute approximate surface area is 197 Å². The second-order valence-corrected chi connectivity index (χ2v) is 8.69. The predicted octanol–water partition coefficient (Wildman–Crippen LogP) is 1.89. The highest BCUT2D eigenvalue weighted by atomic mass is 19.4. The molecule has 1 saturated carbocycles. The normalized spacial score (nSPS) is 19.5. The van der Waals surface area contributed by atoms with Gasteiger partial charge >= 0.3 is 6.36 Å².